The number of carboxylic acids is 1. The van der Waals surface area contributed by atoms with Crippen molar-refractivity contribution in [2.24, 2.45) is 0 Å². The van der Waals surface area contributed by atoms with Crippen molar-refractivity contribution >= 4 is 68.5 Å². The van der Waals surface area contributed by atoms with Gasteiger partial charge in [-0.15, -0.1) is 0 Å². The molecule has 5 N–H and O–H groups in total. The number of hydrogen-bond acceptors (Lipinski definition) is 22. The minimum absolute atomic E-state index is 0.0153. The van der Waals surface area contributed by atoms with Crippen LogP contribution >= 0.6 is 0 Å². The molecule has 684 valence electrons. The SMILES string of the molecule is CN(C/C=C/C(=O)O)C1CC1.COc1ccc(Cn2nc(NC[C@@H]3CCCCN3)c3c(Oc4ccc(C)cc4)ccnc32)cc1.COc1ccc(Cn2nc(NC[C@@H]3CCCCN3C(=O)/C=C/CN(C)C3CC3)c3c(Oc4ccc(C)cc4)ccnc32)cc1.COc1ccc(Cn2nc(NC[C@@H]3CCCCN3C(=O)OC(C)(C)C)c3c(Oc4ccc(C)cc4)ccnc32)cc1. The number of aromatic nitrogens is 9. The highest BCUT2D eigenvalue weighted by atomic mass is 16.6. The molecular formula is C102H125N17O11. The lowest BCUT2D eigenvalue weighted by Gasteiger charge is -2.36. The second-order valence-corrected chi connectivity index (χ2v) is 35.1. The van der Waals surface area contributed by atoms with Crippen LogP contribution in [0, 0.1) is 20.8 Å². The van der Waals surface area contributed by atoms with Crippen molar-refractivity contribution in [1.82, 2.24) is 69.2 Å². The third-order valence-corrected chi connectivity index (χ3v) is 23.8. The van der Waals surface area contributed by atoms with Crippen LogP contribution in [0.2, 0.25) is 0 Å². The van der Waals surface area contributed by atoms with Gasteiger partial charge in [0.1, 0.15) is 73.5 Å². The Bertz CT molecular complexity index is 5740. The molecule has 5 fully saturated rings. The fourth-order valence-corrected chi connectivity index (χ4v) is 16.2. The van der Waals surface area contributed by atoms with Gasteiger partial charge in [-0.1, -0.05) is 108 Å². The quantitative estimate of drug-likeness (QED) is 0.0245. The van der Waals surface area contributed by atoms with E-state index in [1.54, 1.807) is 52.1 Å². The van der Waals surface area contributed by atoms with Crippen LogP contribution in [0.15, 0.2) is 207 Å². The molecule has 0 radical (unpaired) electrons. The number of carboxylic acid groups (broad SMARTS) is 1. The summed E-state index contributed by atoms with van der Waals surface area (Å²) in [6, 6.07) is 55.5. The van der Waals surface area contributed by atoms with E-state index in [9.17, 15) is 14.4 Å². The molecule has 6 aromatic heterocycles. The van der Waals surface area contributed by atoms with Gasteiger partial charge < -0.3 is 69.3 Å². The van der Waals surface area contributed by atoms with Crippen LogP contribution in [0.4, 0.5) is 22.2 Å². The Labute approximate surface area is 762 Å². The Morgan fingerprint density at radius 2 is 0.800 bits per heavy atom. The van der Waals surface area contributed by atoms with Crippen LogP contribution in [0.1, 0.15) is 138 Å². The van der Waals surface area contributed by atoms with Crippen molar-refractivity contribution in [1.29, 1.82) is 0 Å². The summed E-state index contributed by atoms with van der Waals surface area (Å²) < 4.78 is 46.4. The summed E-state index contributed by atoms with van der Waals surface area (Å²) in [6.07, 6.45) is 26.4. The molecule has 0 unspecified atom stereocenters. The summed E-state index contributed by atoms with van der Waals surface area (Å²) in [7, 11) is 9.14. The molecule has 28 nitrogen and oxygen atoms in total. The van der Waals surface area contributed by atoms with Crippen LogP contribution in [0.25, 0.3) is 33.1 Å². The lowest BCUT2D eigenvalue weighted by Crippen LogP contribution is -2.48. The molecule has 28 heteroatoms. The fourth-order valence-electron chi connectivity index (χ4n) is 16.2. The number of ether oxygens (including phenoxy) is 7. The third kappa shape index (κ3) is 26.1. The van der Waals surface area contributed by atoms with E-state index in [2.05, 4.69) is 81.2 Å². The fraction of sp³-hybridized carbons (Fsp3) is 0.402. The van der Waals surface area contributed by atoms with Crippen LogP contribution in [0.3, 0.4) is 0 Å². The van der Waals surface area contributed by atoms with E-state index >= 15 is 0 Å². The summed E-state index contributed by atoms with van der Waals surface area (Å²) in [5.74, 6) is 8.19. The zero-order valence-corrected chi connectivity index (χ0v) is 76.8. The highest BCUT2D eigenvalue weighted by Gasteiger charge is 2.33. The van der Waals surface area contributed by atoms with E-state index in [4.69, 9.17) is 63.5 Å². The van der Waals surface area contributed by atoms with E-state index in [1.165, 1.54) is 62.1 Å². The normalized spacial score (nSPS) is 16.3. The van der Waals surface area contributed by atoms with Crippen LogP contribution in [-0.2, 0) is 34.0 Å². The van der Waals surface area contributed by atoms with Gasteiger partial charge in [-0.3, -0.25) is 14.6 Å². The third-order valence-electron chi connectivity index (χ3n) is 23.8. The molecule has 6 aromatic carbocycles. The Morgan fingerprint density at radius 1 is 0.446 bits per heavy atom. The number of piperidine rings is 3. The lowest BCUT2D eigenvalue weighted by molar-refractivity contribution is -0.131. The van der Waals surface area contributed by atoms with Crippen molar-refractivity contribution in [2.45, 2.75) is 180 Å². The zero-order chi connectivity index (χ0) is 91.0. The number of methoxy groups -OCH3 is 3. The molecule has 0 bridgehead atoms. The molecule has 2 saturated carbocycles. The average molecular weight is 1770 g/mol. The van der Waals surface area contributed by atoms with Gasteiger partial charge in [0.25, 0.3) is 0 Å². The summed E-state index contributed by atoms with van der Waals surface area (Å²) in [5, 5.41) is 40.0. The highest BCUT2D eigenvalue weighted by molar-refractivity contribution is 5.96. The zero-order valence-electron chi connectivity index (χ0n) is 76.8. The minimum atomic E-state index is -0.866. The van der Waals surface area contributed by atoms with Gasteiger partial charge in [0.05, 0.1) is 47.0 Å². The first-order valence-corrected chi connectivity index (χ1v) is 45.5. The number of amides is 2. The number of carbonyl (C=O) groups excluding carboxylic acids is 2. The Morgan fingerprint density at radius 3 is 1.15 bits per heavy atom. The van der Waals surface area contributed by atoms with E-state index < -0.39 is 11.6 Å². The van der Waals surface area contributed by atoms with Crippen LogP contribution in [0.5, 0.6) is 51.7 Å². The maximum atomic E-state index is 13.3. The van der Waals surface area contributed by atoms with Gasteiger partial charge in [-0.2, -0.15) is 15.3 Å². The van der Waals surface area contributed by atoms with Crippen LogP contribution in [-0.4, -0.2) is 211 Å². The number of carbonyl (C=O) groups is 3. The Kier molecular flexibility index (Phi) is 32.1. The maximum Gasteiger partial charge on any atom is 0.410 e. The first-order valence-electron chi connectivity index (χ1n) is 45.5. The molecule has 3 saturated heterocycles. The molecular weight excluding hydrogens is 1640 g/mol. The highest BCUT2D eigenvalue weighted by Crippen LogP contribution is 2.40. The number of nitrogens with one attached hydrogen (secondary N) is 4. The smallest absolute Gasteiger partial charge is 0.410 e. The van der Waals surface area contributed by atoms with Crippen molar-refractivity contribution in [2.75, 3.05) is 104 Å². The summed E-state index contributed by atoms with van der Waals surface area (Å²) in [6.45, 7) is 19.5. The molecule has 2 aliphatic carbocycles. The van der Waals surface area contributed by atoms with Crippen molar-refractivity contribution in [3.05, 3.63) is 240 Å². The second kappa shape index (κ2) is 44.8. The number of rotatable bonds is 32. The van der Waals surface area contributed by atoms with Crippen molar-refractivity contribution < 1.29 is 52.6 Å². The molecule has 3 aliphatic heterocycles. The average Bonchev–Trinajstić information content (AvgIpc) is 1.63. The largest absolute Gasteiger partial charge is 0.497 e. The predicted molar refractivity (Wildman–Crippen MR) is 511 cm³/mol. The number of nitrogens with zero attached hydrogens (tertiary/aromatic N) is 13. The topological polar surface area (TPSA) is 289 Å². The number of aliphatic carboxylic acids is 1. The van der Waals surface area contributed by atoms with Gasteiger partial charge >= 0.3 is 12.1 Å². The van der Waals surface area contributed by atoms with Crippen molar-refractivity contribution in [3.63, 3.8) is 0 Å². The standard InChI is InChI=1S/C35H42N6O3.C32H39N5O4.C27H31N5O2.C8H13NO2/c1-25-9-15-30(16-10-25)44-31-19-20-36-35-33(31)34(38-41(35)24-26-11-17-29(43-3)18-12-26)37-23-28-7-4-5-22-40(28)32(42)8-6-21-39(2)27-13-14-27;1-22-9-13-26(14-10-22)40-27-17-18-33-30-28(27)29(35-37(30)21-23-11-15-25(39-5)16-12-23)34-20-24-8-6-7-19-36(24)31(38)41-32(2,3)4;1-19-6-10-23(11-7-19)34-24-14-16-29-27-25(24)26(30-17-21-5-3-4-15-28-21)31-32(27)18-20-8-12-22(33-2)13-9-20;1-9(7-4-5-7)6-2-3-8(10)11/h6,8-12,15-20,27-28H,4-5,7,13-14,21-24H2,1-3H3,(H,37,38);9-18,24H,6-8,19-21H2,1-5H3,(H,34,35);6-14,16,21,28H,3-5,15,17-18H2,1-2H3,(H,30,31);2-3,7H,4-6H2,1H3,(H,10,11)/b8-6+;;;3-2+/t28-;24-;21-;/m000./s1. The van der Waals surface area contributed by atoms with Gasteiger partial charge in [0.15, 0.2) is 34.4 Å². The summed E-state index contributed by atoms with van der Waals surface area (Å²) in [5.41, 5.74) is 8.48. The number of benzene rings is 6. The van der Waals surface area contributed by atoms with Crippen molar-refractivity contribution in [3.8, 4) is 51.7 Å². The molecule has 2 amide bonds. The number of hydrogen-bond donors (Lipinski definition) is 5. The molecule has 17 rings (SSSR count). The number of likely N-dealkylation sites (tertiary alicyclic amines) is 2. The maximum absolute atomic E-state index is 13.3. The monoisotopic (exact) mass is 1760 g/mol. The van der Waals surface area contributed by atoms with Crippen LogP contribution < -0.4 is 49.7 Å². The number of anilines is 3. The summed E-state index contributed by atoms with van der Waals surface area (Å²) in [4.78, 5) is 58.8. The molecule has 9 heterocycles. The first-order chi connectivity index (χ1) is 63.1. The van der Waals surface area contributed by atoms with Gasteiger partial charge in [-0.05, 0) is 229 Å². The number of fused-ring (bicyclic) bond motifs is 3. The Hall–Kier alpha value is -13.1. The van der Waals surface area contributed by atoms with E-state index in [1.807, 2.05) is 204 Å². The number of aryl methyl sites for hydroxylation is 3. The van der Waals surface area contributed by atoms with Gasteiger partial charge in [-0.25, -0.2) is 38.6 Å². The predicted octanol–water partition coefficient (Wildman–Crippen LogP) is 18.7. The molecule has 5 aliphatic rings. The number of likely N-dealkylation sites (N-methyl/N-ethyl adjacent to an activating group) is 2. The summed E-state index contributed by atoms with van der Waals surface area (Å²) >= 11 is 0. The molecule has 3 atom stereocenters. The molecule has 0 spiro atoms. The first kappa shape index (κ1) is 93.1. The second-order valence-electron chi connectivity index (χ2n) is 35.1. The lowest BCUT2D eigenvalue weighted by atomic mass is 10.0. The van der Waals surface area contributed by atoms with Gasteiger partial charge in [0.2, 0.25) is 5.91 Å². The van der Waals surface area contributed by atoms with E-state index in [0.29, 0.717) is 86.2 Å². The number of pyridine rings is 3. The Balaban J connectivity index is 0.000000149. The minimum Gasteiger partial charge on any atom is -0.497 e. The molecule has 130 heavy (non-hydrogen) atoms. The van der Waals surface area contributed by atoms with E-state index in [0.717, 1.165) is 167 Å². The van der Waals surface area contributed by atoms with Gasteiger partial charge in [0, 0.05) is 119 Å². The van der Waals surface area contributed by atoms with E-state index in [-0.39, 0.29) is 24.1 Å². The molecule has 12 aromatic rings.